The lowest BCUT2D eigenvalue weighted by Crippen LogP contribution is -2.42. The van der Waals surface area contributed by atoms with Crippen molar-refractivity contribution in [1.29, 1.82) is 0 Å². The third-order valence-electron chi connectivity index (χ3n) is 5.32. The molecule has 1 atom stereocenters. The molecule has 6 heteroatoms. The van der Waals surface area contributed by atoms with Crippen molar-refractivity contribution in [3.8, 4) is 0 Å². The van der Waals surface area contributed by atoms with Crippen LogP contribution in [0.5, 0.6) is 0 Å². The first-order valence-corrected chi connectivity index (χ1v) is 9.92. The summed E-state index contributed by atoms with van der Waals surface area (Å²) in [6.45, 7) is 3.68. The minimum Gasteiger partial charge on any atom is -0.375 e. The van der Waals surface area contributed by atoms with Gasteiger partial charge in [0.15, 0.2) is 5.60 Å². The van der Waals surface area contributed by atoms with Crippen LogP contribution >= 0.6 is 0 Å². The molecule has 0 aliphatic carbocycles. The van der Waals surface area contributed by atoms with E-state index in [0.29, 0.717) is 27.7 Å². The zero-order valence-electron chi connectivity index (χ0n) is 17.3. The van der Waals surface area contributed by atoms with Gasteiger partial charge in [0.25, 0.3) is 5.91 Å². The summed E-state index contributed by atoms with van der Waals surface area (Å²) >= 11 is 0. The summed E-state index contributed by atoms with van der Waals surface area (Å²) in [5.41, 5.74) is 1.04. The minimum atomic E-state index is -1.78. The smallest absolute Gasteiger partial charge is 0.366 e. The van der Waals surface area contributed by atoms with E-state index in [0.717, 1.165) is 11.1 Å². The third-order valence-corrected chi connectivity index (χ3v) is 5.32. The molecule has 0 saturated carbocycles. The number of carbonyl (C=O) groups excluding carboxylic acids is 1. The Bertz CT molecular complexity index is 1310. The Kier molecular flexibility index (Phi) is 5.40. The van der Waals surface area contributed by atoms with Crippen LogP contribution < -0.4 is 10.9 Å². The maximum Gasteiger partial charge on any atom is 0.366 e. The summed E-state index contributed by atoms with van der Waals surface area (Å²) in [5.74, 6) is -0.562. The third kappa shape index (κ3) is 4.11. The number of fused-ring (bicyclic) bond motifs is 1. The fourth-order valence-corrected chi connectivity index (χ4v) is 3.69. The molecule has 2 N–H and O–H groups in total. The molecular formula is C25H22N2O4. The van der Waals surface area contributed by atoms with Gasteiger partial charge in [-0.2, -0.15) is 0 Å². The minimum absolute atomic E-state index is 0.113. The van der Waals surface area contributed by atoms with Gasteiger partial charge < -0.3 is 14.9 Å². The summed E-state index contributed by atoms with van der Waals surface area (Å²) < 4.78 is 4.75. The maximum atomic E-state index is 13.4. The monoisotopic (exact) mass is 414 g/mol. The van der Waals surface area contributed by atoms with E-state index in [4.69, 9.17) is 4.52 Å². The molecule has 1 amide bonds. The van der Waals surface area contributed by atoms with E-state index in [-0.39, 0.29) is 6.42 Å². The second kappa shape index (κ2) is 8.16. The Morgan fingerprint density at radius 3 is 2.52 bits per heavy atom. The highest BCUT2D eigenvalue weighted by Crippen LogP contribution is 2.29. The molecule has 3 aromatic carbocycles. The van der Waals surface area contributed by atoms with E-state index < -0.39 is 17.1 Å². The molecule has 4 rings (SSSR count). The molecule has 1 aromatic heterocycles. The second-order valence-electron chi connectivity index (χ2n) is 7.66. The number of carbonyl (C=O) groups is 1. The van der Waals surface area contributed by atoms with Gasteiger partial charge in [-0.1, -0.05) is 65.3 Å². The lowest BCUT2D eigenvalue weighted by Gasteiger charge is -2.28. The van der Waals surface area contributed by atoms with Gasteiger partial charge in [-0.05, 0) is 43.2 Å². The fraction of sp³-hybridized carbons (Fsp3) is 0.160. The van der Waals surface area contributed by atoms with E-state index >= 15 is 0 Å². The Labute approximate surface area is 179 Å². The van der Waals surface area contributed by atoms with Crippen LogP contribution in [0, 0.1) is 13.8 Å². The number of nitrogens with one attached hydrogen (secondary N) is 1. The van der Waals surface area contributed by atoms with Crippen molar-refractivity contribution in [2.45, 2.75) is 25.9 Å². The van der Waals surface area contributed by atoms with Crippen LogP contribution in [0.4, 0.5) is 5.69 Å². The largest absolute Gasteiger partial charge is 0.375 e. The van der Waals surface area contributed by atoms with Crippen LogP contribution in [0.25, 0.3) is 10.8 Å². The normalized spacial score (nSPS) is 13.0. The van der Waals surface area contributed by atoms with Crippen molar-refractivity contribution in [2.24, 2.45) is 0 Å². The number of aryl methyl sites for hydroxylation is 2. The maximum absolute atomic E-state index is 13.4. The van der Waals surface area contributed by atoms with Crippen molar-refractivity contribution < 1.29 is 14.4 Å². The lowest BCUT2D eigenvalue weighted by molar-refractivity contribution is -0.135. The summed E-state index contributed by atoms with van der Waals surface area (Å²) in [7, 11) is 0. The standard InChI is InChI=1S/C25H22N2O4/c1-16-7-6-8-18(13-16)15-25(30,19-9-4-3-5-10-19)24(29)26-20-11-12-21-22(14-20)17(2)27-31-23(21)28/h3-14,30H,15H2,1-2H3,(H,26,29). The highest BCUT2D eigenvalue weighted by Gasteiger charge is 2.38. The molecule has 0 fully saturated rings. The number of hydrogen-bond donors (Lipinski definition) is 2. The predicted octanol–water partition coefficient (Wildman–Crippen LogP) is 3.87. The summed E-state index contributed by atoms with van der Waals surface area (Å²) in [5, 5.41) is 19.1. The highest BCUT2D eigenvalue weighted by molar-refractivity contribution is 6.00. The van der Waals surface area contributed by atoms with Crippen LogP contribution in [0.1, 0.15) is 22.4 Å². The average molecular weight is 414 g/mol. The molecule has 31 heavy (non-hydrogen) atoms. The number of hydrogen-bond acceptors (Lipinski definition) is 5. The number of anilines is 1. The van der Waals surface area contributed by atoms with E-state index in [2.05, 4.69) is 10.5 Å². The SMILES string of the molecule is Cc1cccc(CC(O)(C(=O)Nc2ccc3c(=O)onc(C)c3c2)c2ccccc2)c1. The van der Waals surface area contributed by atoms with E-state index in [9.17, 15) is 14.7 Å². The molecular weight excluding hydrogens is 392 g/mol. The predicted molar refractivity (Wildman–Crippen MR) is 119 cm³/mol. The number of nitrogens with zero attached hydrogens (tertiary/aromatic N) is 1. The molecule has 0 bridgehead atoms. The van der Waals surface area contributed by atoms with Gasteiger partial charge in [-0.3, -0.25) is 4.79 Å². The molecule has 1 heterocycles. The van der Waals surface area contributed by atoms with Crippen molar-refractivity contribution in [3.05, 3.63) is 106 Å². The van der Waals surface area contributed by atoms with Gasteiger partial charge in [0.1, 0.15) is 0 Å². The van der Waals surface area contributed by atoms with Gasteiger partial charge in [-0.15, -0.1) is 0 Å². The molecule has 1 unspecified atom stereocenters. The van der Waals surface area contributed by atoms with Crippen LogP contribution in [-0.4, -0.2) is 16.2 Å². The second-order valence-corrected chi connectivity index (χ2v) is 7.66. The van der Waals surface area contributed by atoms with Crippen molar-refractivity contribution >= 4 is 22.4 Å². The molecule has 0 aliphatic rings. The lowest BCUT2D eigenvalue weighted by atomic mass is 9.86. The molecule has 6 nitrogen and oxygen atoms in total. The first kappa shape index (κ1) is 20.5. The average Bonchev–Trinajstić information content (AvgIpc) is 2.77. The summed E-state index contributed by atoms with van der Waals surface area (Å²) in [6, 6.07) is 21.4. The number of aliphatic hydroxyl groups is 1. The molecule has 0 saturated heterocycles. The molecule has 156 valence electrons. The van der Waals surface area contributed by atoms with Crippen molar-refractivity contribution in [3.63, 3.8) is 0 Å². The Hall–Kier alpha value is -3.77. The van der Waals surface area contributed by atoms with Crippen molar-refractivity contribution in [2.75, 3.05) is 5.32 Å². The topological polar surface area (TPSA) is 92.4 Å². The van der Waals surface area contributed by atoms with Gasteiger partial charge in [0, 0.05) is 17.5 Å². The molecule has 0 aliphatic heterocycles. The van der Waals surface area contributed by atoms with Crippen LogP contribution in [0.15, 0.2) is 82.1 Å². The van der Waals surface area contributed by atoms with Gasteiger partial charge in [0.2, 0.25) is 0 Å². The summed E-state index contributed by atoms with van der Waals surface area (Å²) in [4.78, 5) is 25.2. The van der Waals surface area contributed by atoms with Gasteiger partial charge in [-0.25, -0.2) is 4.79 Å². The van der Waals surface area contributed by atoms with E-state index in [1.165, 1.54) is 0 Å². The first-order chi connectivity index (χ1) is 14.9. The molecule has 4 aromatic rings. The zero-order chi connectivity index (χ0) is 22.0. The quantitative estimate of drug-likeness (QED) is 0.517. The fourth-order valence-electron chi connectivity index (χ4n) is 3.69. The Balaban J connectivity index is 1.72. The number of benzene rings is 3. The van der Waals surface area contributed by atoms with Crippen molar-refractivity contribution in [1.82, 2.24) is 5.16 Å². The van der Waals surface area contributed by atoms with E-state index in [1.54, 1.807) is 49.4 Å². The van der Waals surface area contributed by atoms with Gasteiger partial charge in [0.05, 0.1) is 11.1 Å². The summed E-state index contributed by atoms with van der Waals surface area (Å²) in [6.07, 6.45) is 0.113. The Morgan fingerprint density at radius 2 is 1.77 bits per heavy atom. The first-order valence-electron chi connectivity index (χ1n) is 9.92. The number of amides is 1. The van der Waals surface area contributed by atoms with Crippen LogP contribution in [0.2, 0.25) is 0 Å². The Morgan fingerprint density at radius 1 is 1.00 bits per heavy atom. The molecule has 0 radical (unpaired) electrons. The van der Waals surface area contributed by atoms with Crippen LogP contribution in [-0.2, 0) is 16.8 Å². The van der Waals surface area contributed by atoms with Crippen LogP contribution in [0.3, 0.4) is 0 Å². The highest BCUT2D eigenvalue weighted by atomic mass is 16.5. The zero-order valence-corrected chi connectivity index (χ0v) is 17.3. The number of rotatable bonds is 5. The molecule has 0 spiro atoms. The number of aromatic nitrogens is 1. The van der Waals surface area contributed by atoms with E-state index in [1.807, 2.05) is 37.3 Å². The van der Waals surface area contributed by atoms with Gasteiger partial charge >= 0.3 is 5.63 Å².